The molecule has 24 heavy (non-hydrogen) atoms. The summed E-state index contributed by atoms with van der Waals surface area (Å²) in [5, 5.41) is 0. The summed E-state index contributed by atoms with van der Waals surface area (Å²) in [5.74, 6) is -0.0253. The van der Waals surface area contributed by atoms with Gasteiger partial charge >= 0.3 is 0 Å². The quantitative estimate of drug-likeness (QED) is 0.777. The first-order valence-corrected chi connectivity index (χ1v) is 9.39. The van der Waals surface area contributed by atoms with Gasteiger partial charge in [-0.3, -0.25) is 9.69 Å². The Morgan fingerprint density at radius 3 is 2.46 bits per heavy atom. The maximum absolute atomic E-state index is 12.5. The summed E-state index contributed by atoms with van der Waals surface area (Å²) < 4.78 is 1.02. The van der Waals surface area contributed by atoms with Gasteiger partial charge in [-0.25, -0.2) is 0 Å². The van der Waals surface area contributed by atoms with Crippen LogP contribution in [0.3, 0.4) is 0 Å². The third-order valence-electron chi connectivity index (χ3n) is 4.02. The third kappa shape index (κ3) is 4.39. The summed E-state index contributed by atoms with van der Waals surface area (Å²) >= 11 is 13.2. The van der Waals surface area contributed by atoms with Crippen molar-refractivity contribution < 1.29 is 4.79 Å². The van der Waals surface area contributed by atoms with E-state index in [0.717, 1.165) is 19.6 Å². The van der Waals surface area contributed by atoms with E-state index >= 15 is 0 Å². The Hall–Kier alpha value is -1.33. The molecule has 1 aromatic carbocycles. The maximum Gasteiger partial charge on any atom is 0.256 e. The summed E-state index contributed by atoms with van der Waals surface area (Å²) in [4.78, 5) is 16.7. The van der Waals surface area contributed by atoms with Gasteiger partial charge in [0, 0.05) is 32.7 Å². The second kappa shape index (κ2) is 8.17. The first-order chi connectivity index (χ1) is 11.6. The van der Waals surface area contributed by atoms with Crippen molar-refractivity contribution in [2.45, 2.75) is 0 Å². The predicted octanol–water partition coefficient (Wildman–Crippen LogP) is 4.53. The second-order valence-corrected chi connectivity index (χ2v) is 7.93. The number of benzene rings is 1. The maximum atomic E-state index is 12.5. The van der Waals surface area contributed by atoms with Crippen LogP contribution in [0.5, 0.6) is 0 Å². The van der Waals surface area contributed by atoms with Crippen LogP contribution in [0.15, 0.2) is 42.5 Å². The fraction of sp³-hybridized carbons (Fsp3) is 0.278. The van der Waals surface area contributed by atoms with E-state index in [-0.39, 0.29) is 5.91 Å². The zero-order valence-electron chi connectivity index (χ0n) is 13.1. The van der Waals surface area contributed by atoms with E-state index in [4.69, 9.17) is 23.2 Å². The van der Waals surface area contributed by atoms with Crippen LogP contribution >= 0.6 is 34.5 Å². The van der Waals surface area contributed by atoms with E-state index in [0.29, 0.717) is 27.3 Å². The van der Waals surface area contributed by atoms with Gasteiger partial charge in [0.05, 0.1) is 9.90 Å². The molecule has 126 valence electrons. The van der Waals surface area contributed by atoms with Crippen molar-refractivity contribution in [1.29, 1.82) is 0 Å². The number of hydrogen-bond donors (Lipinski definition) is 0. The number of rotatable bonds is 4. The molecule has 1 fully saturated rings. The van der Waals surface area contributed by atoms with Gasteiger partial charge in [0.2, 0.25) is 0 Å². The largest absolute Gasteiger partial charge is 0.336 e. The van der Waals surface area contributed by atoms with Crippen LogP contribution in [0.1, 0.15) is 15.9 Å². The third-order valence-corrected chi connectivity index (χ3v) is 5.51. The molecule has 0 atom stereocenters. The van der Waals surface area contributed by atoms with E-state index in [2.05, 4.69) is 29.2 Å². The number of nitrogens with zero attached hydrogens (tertiary/aromatic N) is 2. The summed E-state index contributed by atoms with van der Waals surface area (Å²) in [6, 6.07) is 11.9. The first kappa shape index (κ1) is 17.5. The number of amides is 1. The van der Waals surface area contributed by atoms with E-state index in [1.54, 1.807) is 6.07 Å². The van der Waals surface area contributed by atoms with Crippen LogP contribution in [0, 0.1) is 0 Å². The molecule has 0 radical (unpaired) electrons. The molecule has 0 bridgehead atoms. The van der Waals surface area contributed by atoms with Crippen molar-refractivity contribution in [2.24, 2.45) is 0 Å². The fourth-order valence-electron chi connectivity index (χ4n) is 2.69. The number of carbonyl (C=O) groups excluding carboxylic acids is 1. The standard InChI is InChI=1S/C18H18Cl2N2OS/c19-16-13-15(17(20)24-16)18(23)22-11-9-21(10-12-22)8-4-7-14-5-2-1-3-6-14/h1-7,13H,8-12H2/b7-4+. The molecule has 0 spiro atoms. The number of halogens is 2. The Labute approximate surface area is 156 Å². The second-order valence-electron chi connectivity index (χ2n) is 5.64. The highest BCUT2D eigenvalue weighted by atomic mass is 35.5. The molecule has 3 rings (SSSR count). The Balaban J connectivity index is 1.50. The van der Waals surface area contributed by atoms with Gasteiger partial charge in [-0.1, -0.05) is 65.7 Å². The Kier molecular flexibility index (Phi) is 5.95. The SMILES string of the molecule is O=C(c1cc(Cl)sc1Cl)N1CCN(C/C=C/c2ccccc2)CC1. The molecule has 0 N–H and O–H groups in total. The molecule has 6 heteroatoms. The van der Waals surface area contributed by atoms with Gasteiger partial charge < -0.3 is 4.90 Å². The number of hydrogen-bond acceptors (Lipinski definition) is 3. The van der Waals surface area contributed by atoms with Crippen LogP contribution in [-0.4, -0.2) is 48.4 Å². The van der Waals surface area contributed by atoms with Gasteiger partial charge in [0.15, 0.2) is 0 Å². The van der Waals surface area contributed by atoms with Crippen LogP contribution in [0.2, 0.25) is 8.67 Å². The predicted molar refractivity (Wildman–Crippen MR) is 102 cm³/mol. The lowest BCUT2D eigenvalue weighted by atomic mass is 10.2. The highest BCUT2D eigenvalue weighted by Gasteiger charge is 2.24. The molecule has 1 saturated heterocycles. The van der Waals surface area contributed by atoms with Gasteiger partial charge in [0.1, 0.15) is 4.34 Å². The zero-order valence-corrected chi connectivity index (χ0v) is 15.4. The minimum Gasteiger partial charge on any atom is -0.336 e. The van der Waals surface area contributed by atoms with Gasteiger partial charge in [-0.15, -0.1) is 11.3 Å². The summed E-state index contributed by atoms with van der Waals surface area (Å²) in [6.07, 6.45) is 4.30. The molecule has 1 aliphatic rings. The smallest absolute Gasteiger partial charge is 0.256 e. The lowest BCUT2D eigenvalue weighted by Crippen LogP contribution is -2.48. The highest BCUT2D eigenvalue weighted by molar-refractivity contribution is 7.20. The molecule has 2 heterocycles. The average Bonchev–Trinajstić information content (AvgIpc) is 2.94. The summed E-state index contributed by atoms with van der Waals surface area (Å²) in [6.45, 7) is 4.03. The van der Waals surface area contributed by atoms with Gasteiger partial charge in [-0.05, 0) is 11.6 Å². The monoisotopic (exact) mass is 380 g/mol. The number of piperazine rings is 1. The van der Waals surface area contributed by atoms with Gasteiger partial charge in [-0.2, -0.15) is 0 Å². The van der Waals surface area contributed by atoms with E-state index in [1.807, 2.05) is 23.1 Å². The number of thiophene rings is 1. The van der Waals surface area contributed by atoms with E-state index < -0.39 is 0 Å². The normalized spacial score (nSPS) is 16.0. The molecule has 1 aromatic heterocycles. The fourth-order valence-corrected chi connectivity index (χ4v) is 4.14. The molecule has 0 unspecified atom stereocenters. The van der Waals surface area contributed by atoms with Crippen LogP contribution in [0.25, 0.3) is 6.08 Å². The van der Waals surface area contributed by atoms with Crippen molar-refractivity contribution in [3.8, 4) is 0 Å². The van der Waals surface area contributed by atoms with Crippen LogP contribution in [-0.2, 0) is 0 Å². The minimum atomic E-state index is -0.0253. The van der Waals surface area contributed by atoms with Crippen molar-refractivity contribution in [3.05, 3.63) is 62.3 Å². The molecular formula is C18H18Cl2N2OS. The van der Waals surface area contributed by atoms with Gasteiger partial charge in [0.25, 0.3) is 5.91 Å². The molecule has 2 aromatic rings. The minimum absolute atomic E-state index is 0.0253. The van der Waals surface area contributed by atoms with E-state index in [9.17, 15) is 4.79 Å². The van der Waals surface area contributed by atoms with Crippen LogP contribution in [0.4, 0.5) is 0 Å². The first-order valence-electron chi connectivity index (χ1n) is 7.81. The molecular weight excluding hydrogens is 363 g/mol. The Morgan fingerprint density at radius 2 is 1.83 bits per heavy atom. The molecule has 0 saturated carbocycles. The Morgan fingerprint density at radius 1 is 1.12 bits per heavy atom. The molecule has 1 amide bonds. The van der Waals surface area contributed by atoms with Crippen molar-refractivity contribution in [3.63, 3.8) is 0 Å². The number of carbonyl (C=O) groups is 1. The lowest BCUT2D eigenvalue weighted by molar-refractivity contribution is 0.0651. The average molecular weight is 381 g/mol. The summed E-state index contributed by atoms with van der Waals surface area (Å²) in [5.41, 5.74) is 1.72. The Bertz CT molecular complexity index is 722. The molecule has 1 aliphatic heterocycles. The topological polar surface area (TPSA) is 23.6 Å². The van der Waals surface area contributed by atoms with Crippen molar-refractivity contribution in [2.75, 3.05) is 32.7 Å². The van der Waals surface area contributed by atoms with E-state index in [1.165, 1.54) is 16.9 Å². The highest BCUT2D eigenvalue weighted by Crippen LogP contribution is 2.32. The zero-order chi connectivity index (χ0) is 16.9. The molecule has 3 nitrogen and oxygen atoms in total. The van der Waals surface area contributed by atoms with Crippen molar-refractivity contribution >= 4 is 46.5 Å². The molecule has 0 aliphatic carbocycles. The van der Waals surface area contributed by atoms with Crippen molar-refractivity contribution in [1.82, 2.24) is 9.80 Å². The van der Waals surface area contributed by atoms with Crippen LogP contribution < -0.4 is 0 Å². The lowest BCUT2D eigenvalue weighted by Gasteiger charge is -2.34. The summed E-state index contributed by atoms with van der Waals surface area (Å²) in [7, 11) is 0.